The molecule has 72 valence electrons. The Balaban J connectivity index is 2.45. The van der Waals surface area contributed by atoms with Crippen molar-refractivity contribution in [3.63, 3.8) is 0 Å². The minimum atomic E-state index is -0.773. The molecule has 0 amide bonds. The van der Waals surface area contributed by atoms with Crippen LogP contribution in [-0.4, -0.2) is 19.0 Å². The molecule has 1 fully saturated rings. The standard InChI is InChI=1S/C11H16O2/c1-4-7-10-8-12-11(5-2,6-3)13-9-10/h1,5-6,10H,2-4,7-9H2. The van der Waals surface area contributed by atoms with E-state index in [1.807, 2.05) is 0 Å². The monoisotopic (exact) mass is 180 g/mol. The fourth-order valence-corrected chi connectivity index (χ4v) is 1.31. The maximum atomic E-state index is 5.52. The average Bonchev–Trinajstić information content (AvgIpc) is 2.20. The lowest BCUT2D eigenvalue weighted by atomic mass is 10.0. The molecule has 0 bridgehead atoms. The molecular weight excluding hydrogens is 164 g/mol. The summed E-state index contributed by atoms with van der Waals surface area (Å²) in [7, 11) is 0. The van der Waals surface area contributed by atoms with Crippen LogP contribution in [0.4, 0.5) is 0 Å². The van der Waals surface area contributed by atoms with E-state index in [2.05, 4.69) is 13.2 Å². The van der Waals surface area contributed by atoms with Gasteiger partial charge in [0, 0.05) is 5.92 Å². The van der Waals surface area contributed by atoms with E-state index in [4.69, 9.17) is 16.4 Å². The van der Waals surface area contributed by atoms with Crippen molar-refractivity contribution < 1.29 is 9.47 Å². The van der Waals surface area contributed by atoms with Gasteiger partial charge in [-0.25, -0.2) is 0 Å². The number of hydrogen-bond acceptors (Lipinski definition) is 2. The summed E-state index contributed by atoms with van der Waals surface area (Å²) in [5.41, 5.74) is 0. The minimum Gasteiger partial charge on any atom is -0.343 e. The Kier molecular flexibility index (Phi) is 3.70. The molecule has 1 heterocycles. The predicted molar refractivity (Wildman–Crippen MR) is 52.1 cm³/mol. The van der Waals surface area contributed by atoms with Gasteiger partial charge in [0.15, 0.2) is 0 Å². The fraction of sp³-hybridized carbons (Fsp3) is 0.545. The normalized spacial score (nSPS) is 22.5. The third kappa shape index (κ3) is 2.42. The third-order valence-electron chi connectivity index (χ3n) is 2.23. The van der Waals surface area contributed by atoms with E-state index in [0.717, 1.165) is 6.42 Å². The molecule has 0 aliphatic carbocycles. The maximum absolute atomic E-state index is 5.52. The molecule has 1 rings (SSSR count). The van der Waals surface area contributed by atoms with Gasteiger partial charge in [0.05, 0.1) is 13.2 Å². The van der Waals surface area contributed by atoms with Crippen LogP contribution in [0.5, 0.6) is 0 Å². The van der Waals surface area contributed by atoms with Gasteiger partial charge in [-0.05, 0) is 31.9 Å². The van der Waals surface area contributed by atoms with Gasteiger partial charge >= 0.3 is 0 Å². The van der Waals surface area contributed by atoms with Crippen LogP contribution in [0.15, 0.2) is 25.3 Å². The third-order valence-corrected chi connectivity index (χ3v) is 2.23. The van der Waals surface area contributed by atoms with Gasteiger partial charge in [-0.1, -0.05) is 13.2 Å². The highest BCUT2D eigenvalue weighted by atomic mass is 16.7. The lowest BCUT2D eigenvalue weighted by molar-refractivity contribution is -0.226. The van der Waals surface area contributed by atoms with Crippen LogP contribution in [0.1, 0.15) is 12.8 Å². The van der Waals surface area contributed by atoms with Crippen LogP contribution in [-0.2, 0) is 9.47 Å². The lowest BCUT2D eigenvalue weighted by Crippen LogP contribution is -2.40. The summed E-state index contributed by atoms with van der Waals surface area (Å²) < 4.78 is 11.0. The molecule has 1 saturated heterocycles. The molecule has 0 aromatic rings. The molecular formula is C11H16O2. The van der Waals surface area contributed by atoms with Crippen molar-refractivity contribution in [1.29, 1.82) is 0 Å². The first-order valence-electron chi connectivity index (χ1n) is 4.51. The molecule has 1 aliphatic rings. The van der Waals surface area contributed by atoms with Gasteiger partial charge in [0.2, 0.25) is 5.79 Å². The molecule has 1 aliphatic heterocycles. The maximum Gasteiger partial charge on any atom is 0.207 e. The van der Waals surface area contributed by atoms with E-state index in [1.54, 1.807) is 12.2 Å². The van der Waals surface area contributed by atoms with Gasteiger partial charge in [-0.2, -0.15) is 0 Å². The topological polar surface area (TPSA) is 18.5 Å². The van der Waals surface area contributed by atoms with Crippen LogP contribution in [0, 0.1) is 12.8 Å². The highest BCUT2D eigenvalue weighted by Crippen LogP contribution is 2.25. The summed E-state index contributed by atoms with van der Waals surface area (Å²) >= 11 is 0. The Bertz CT molecular complexity index is 169. The molecule has 0 unspecified atom stereocenters. The fourth-order valence-electron chi connectivity index (χ4n) is 1.31. The zero-order valence-electron chi connectivity index (χ0n) is 7.87. The molecule has 0 N–H and O–H groups in total. The Morgan fingerprint density at radius 2 is 1.85 bits per heavy atom. The molecule has 13 heavy (non-hydrogen) atoms. The van der Waals surface area contributed by atoms with Crippen molar-refractivity contribution in [1.82, 2.24) is 0 Å². The van der Waals surface area contributed by atoms with Crippen molar-refractivity contribution in [2.24, 2.45) is 5.92 Å². The Morgan fingerprint density at radius 3 is 2.23 bits per heavy atom. The largest absolute Gasteiger partial charge is 0.343 e. The Hall–Kier alpha value is -0.600. The van der Waals surface area contributed by atoms with Crippen molar-refractivity contribution >= 4 is 0 Å². The van der Waals surface area contributed by atoms with E-state index in [0.29, 0.717) is 25.6 Å². The number of ether oxygens (including phenoxy) is 2. The SMILES string of the molecule is [CH]CCC1COC(C=C)(C=C)OC1. The highest BCUT2D eigenvalue weighted by Gasteiger charge is 2.31. The molecule has 0 aromatic heterocycles. The van der Waals surface area contributed by atoms with Gasteiger partial charge in [-0.3, -0.25) is 0 Å². The van der Waals surface area contributed by atoms with Gasteiger partial charge in [0.25, 0.3) is 0 Å². The summed E-state index contributed by atoms with van der Waals surface area (Å²) in [6.07, 6.45) is 4.86. The van der Waals surface area contributed by atoms with Crippen LogP contribution in [0.25, 0.3) is 0 Å². The van der Waals surface area contributed by atoms with Gasteiger partial charge in [0.1, 0.15) is 0 Å². The smallest absolute Gasteiger partial charge is 0.207 e. The molecule has 0 saturated carbocycles. The van der Waals surface area contributed by atoms with Gasteiger partial charge < -0.3 is 9.47 Å². The highest BCUT2D eigenvalue weighted by molar-refractivity contribution is 5.04. The minimum absolute atomic E-state index is 0.401. The first-order valence-corrected chi connectivity index (χ1v) is 4.51. The summed E-state index contributed by atoms with van der Waals surface area (Å²) in [5.74, 6) is -0.372. The molecule has 0 atom stereocenters. The summed E-state index contributed by atoms with van der Waals surface area (Å²) in [6.45, 7) is 14.1. The zero-order valence-corrected chi connectivity index (χ0v) is 7.87. The van der Waals surface area contributed by atoms with Crippen molar-refractivity contribution in [3.05, 3.63) is 32.2 Å². The van der Waals surface area contributed by atoms with Crippen LogP contribution in [0.2, 0.25) is 0 Å². The number of rotatable bonds is 4. The van der Waals surface area contributed by atoms with E-state index in [-0.39, 0.29) is 0 Å². The quantitative estimate of drug-likeness (QED) is 0.617. The van der Waals surface area contributed by atoms with Crippen LogP contribution < -0.4 is 0 Å². The van der Waals surface area contributed by atoms with Crippen LogP contribution >= 0.6 is 0 Å². The first kappa shape index (κ1) is 10.5. The molecule has 0 spiro atoms. The second kappa shape index (κ2) is 4.58. The average molecular weight is 180 g/mol. The van der Waals surface area contributed by atoms with Gasteiger partial charge in [-0.15, -0.1) is 0 Å². The van der Waals surface area contributed by atoms with E-state index < -0.39 is 5.79 Å². The zero-order chi connectivity index (χ0) is 9.73. The van der Waals surface area contributed by atoms with Crippen molar-refractivity contribution in [2.75, 3.05) is 13.2 Å². The van der Waals surface area contributed by atoms with Crippen molar-refractivity contribution in [2.45, 2.75) is 18.6 Å². The van der Waals surface area contributed by atoms with Crippen molar-refractivity contribution in [3.8, 4) is 0 Å². The second-order valence-corrected chi connectivity index (χ2v) is 3.20. The summed E-state index contributed by atoms with van der Waals surface area (Å²) in [5, 5.41) is 0. The summed E-state index contributed by atoms with van der Waals surface area (Å²) in [4.78, 5) is 0. The summed E-state index contributed by atoms with van der Waals surface area (Å²) in [6, 6.07) is 0. The molecule has 2 heteroatoms. The van der Waals surface area contributed by atoms with Crippen LogP contribution in [0.3, 0.4) is 0 Å². The molecule has 2 radical (unpaired) electrons. The number of hydrogen-bond donors (Lipinski definition) is 0. The molecule has 0 aromatic carbocycles. The Labute approximate surface area is 80.2 Å². The van der Waals surface area contributed by atoms with E-state index in [9.17, 15) is 0 Å². The van der Waals surface area contributed by atoms with E-state index >= 15 is 0 Å². The second-order valence-electron chi connectivity index (χ2n) is 3.20. The molecule has 2 nitrogen and oxygen atoms in total. The lowest BCUT2D eigenvalue weighted by Gasteiger charge is -2.35. The Morgan fingerprint density at radius 1 is 1.31 bits per heavy atom. The van der Waals surface area contributed by atoms with E-state index in [1.165, 1.54) is 0 Å². The first-order chi connectivity index (χ1) is 6.26. The predicted octanol–water partition coefficient (Wildman–Crippen LogP) is 2.21.